The van der Waals surface area contributed by atoms with Crippen LogP contribution in [-0.2, 0) is 0 Å². The lowest BCUT2D eigenvalue weighted by Gasteiger charge is -2.26. The maximum atomic E-state index is 9.10. The summed E-state index contributed by atoms with van der Waals surface area (Å²) < 4.78 is 0. The van der Waals surface area contributed by atoms with E-state index in [0.717, 1.165) is 0 Å². The van der Waals surface area contributed by atoms with E-state index in [1.165, 1.54) is 0 Å². The van der Waals surface area contributed by atoms with Gasteiger partial charge in [-0.1, -0.05) is 12.2 Å². The molecule has 0 aromatic heterocycles. The van der Waals surface area contributed by atoms with Crippen molar-refractivity contribution < 1.29 is 10.2 Å². The smallest absolute Gasteiger partial charge is 0.101 e. The summed E-state index contributed by atoms with van der Waals surface area (Å²) >= 11 is 11.1. The van der Waals surface area contributed by atoms with Crippen molar-refractivity contribution in [2.75, 3.05) is 0 Å². The third kappa shape index (κ3) is 1.45. The van der Waals surface area contributed by atoms with Gasteiger partial charge < -0.3 is 10.2 Å². The standard InChI is InChI=1S/C6H8Cl2O2/c7-3-1-2-4(8)6(10)5(3)9/h1-6,9-10H/t3-,4-,5-,6-/m1/s1. The minimum atomic E-state index is -0.950. The van der Waals surface area contributed by atoms with Crippen LogP contribution in [0, 0.1) is 0 Å². The van der Waals surface area contributed by atoms with Crippen molar-refractivity contribution in [1.29, 1.82) is 0 Å². The van der Waals surface area contributed by atoms with Crippen molar-refractivity contribution in [3.63, 3.8) is 0 Å². The van der Waals surface area contributed by atoms with Crippen LogP contribution in [0.2, 0.25) is 0 Å². The van der Waals surface area contributed by atoms with Gasteiger partial charge in [0.05, 0.1) is 10.8 Å². The van der Waals surface area contributed by atoms with Crippen molar-refractivity contribution in [3.8, 4) is 0 Å². The molecular formula is C6H8Cl2O2. The molecule has 0 saturated heterocycles. The first-order valence-corrected chi connectivity index (χ1v) is 3.83. The van der Waals surface area contributed by atoms with Crippen LogP contribution in [0.25, 0.3) is 0 Å². The normalized spacial score (nSPS) is 47.6. The molecule has 1 aliphatic rings. The highest BCUT2D eigenvalue weighted by atomic mass is 35.5. The van der Waals surface area contributed by atoms with Crippen LogP contribution in [0.4, 0.5) is 0 Å². The Bertz CT molecular complexity index is 133. The Labute approximate surface area is 69.1 Å². The fraction of sp³-hybridized carbons (Fsp3) is 0.667. The predicted molar refractivity (Wildman–Crippen MR) is 40.4 cm³/mol. The fourth-order valence-electron chi connectivity index (χ4n) is 0.817. The minimum absolute atomic E-state index is 0.523. The predicted octanol–water partition coefficient (Wildman–Crippen LogP) is 0.493. The van der Waals surface area contributed by atoms with Gasteiger partial charge in [0, 0.05) is 0 Å². The average molecular weight is 183 g/mol. The molecule has 1 aliphatic carbocycles. The Morgan fingerprint density at radius 1 is 0.900 bits per heavy atom. The van der Waals surface area contributed by atoms with Crippen molar-refractivity contribution in [2.45, 2.75) is 23.0 Å². The molecule has 58 valence electrons. The van der Waals surface area contributed by atoms with Crippen molar-refractivity contribution in [2.24, 2.45) is 0 Å². The Kier molecular flexibility index (Phi) is 2.58. The van der Waals surface area contributed by atoms with Crippen molar-refractivity contribution >= 4 is 23.2 Å². The zero-order valence-corrected chi connectivity index (χ0v) is 6.63. The van der Waals surface area contributed by atoms with Crippen LogP contribution in [0.1, 0.15) is 0 Å². The lowest BCUT2D eigenvalue weighted by atomic mass is 10.0. The van der Waals surface area contributed by atoms with Crippen LogP contribution < -0.4 is 0 Å². The number of halogens is 2. The van der Waals surface area contributed by atoms with Gasteiger partial charge in [-0.2, -0.15) is 0 Å². The molecule has 10 heavy (non-hydrogen) atoms. The lowest BCUT2D eigenvalue weighted by molar-refractivity contribution is 0.0236. The van der Waals surface area contributed by atoms with Gasteiger partial charge in [0.25, 0.3) is 0 Å². The monoisotopic (exact) mass is 182 g/mol. The maximum Gasteiger partial charge on any atom is 0.101 e. The van der Waals surface area contributed by atoms with E-state index in [1.807, 2.05) is 0 Å². The number of rotatable bonds is 0. The minimum Gasteiger partial charge on any atom is -0.388 e. The summed E-state index contributed by atoms with van der Waals surface area (Å²) in [4.78, 5) is 0. The average Bonchev–Trinajstić information content (AvgIpc) is 1.93. The number of hydrogen-bond donors (Lipinski definition) is 2. The molecule has 0 amide bonds. The highest BCUT2D eigenvalue weighted by Gasteiger charge is 2.31. The topological polar surface area (TPSA) is 40.5 Å². The molecule has 4 atom stereocenters. The molecular weight excluding hydrogens is 175 g/mol. The zero-order chi connectivity index (χ0) is 7.72. The number of hydrogen-bond acceptors (Lipinski definition) is 2. The van der Waals surface area contributed by atoms with E-state index in [4.69, 9.17) is 33.4 Å². The Morgan fingerprint density at radius 3 is 1.50 bits per heavy atom. The van der Waals surface area contributed by atoms with Gasteiger partial charge in [-0.05, 0) is 0 Å². The van der Waals surface area contributed by atoms with Crippen LogP contribution in [-0.4, -0.2) is 33.2 Å². The molecule has 4 heteroatoms. The second-order valence-electron chi connectivity index (χ2n) is 2.25. The van der Waals surface area contributed by atoms with Gasteiger partial charge in [-0.15, -0.1) is 23.2 Å². The van der Waals surface area contributed by atoms with Crippen LogP contribution >= 0.6 is 23.2 Å². The van der Waals surface area contributed by atoms with E-state index in [9.17, 15) is 0 Å². The van der Waals surface area contributed by atoms with Gasteiger partial charge in [0.1, 0.15) is 12.2 Å². The molecule has 0 aromatic carbocycles. The lowest BCUT2D eigenvalue weighted by Crippen LogP contribution is -2.41. The van der Waals surface area contributed by atoms with Gasteiger partial charge in [-0.3, -0.25) is 0 Å². The fourth-order valence-corrected chi connectivity index (χ4v) is 1.28. The van der Waals surface area contributed by atoms with E-state index in [-0.39, 0.29) is 0 Å². The summed E-state index contributed by atoms with van der Waals surface area (Å²) in [6.07, 6.45) is 1.26. The molecule has 0 heterocycles. The van der Waals surface area contributed by atoms with Crippen molar-refractivity contribution in [1.82, 2.24) is 0 Å². The Morgan fingerprint density at radius 2 is 1.20 bits per heavy atom. The molecule has 0 spiro atoms. The van der Waals surface area contributed by atoms with E-state index < -0.39 is 23.0 Å². The summed E-state index contributed by atoms with van der Waals surface area (Å²) in [6.45, 7) is 0. The van der Waals surface area contributed by atoms with E-state index >= 15 is 0 Å². The number of alkyl halides is 2. The van der Waals surface area contributed by atoms with Gasteiger partial charge >= 0.3 is 0 Å². The zero-order valence-electron chi connectivity index (χ0n) is 5.11. The first-order valence-electron chi connectivity index (χ1n) is 2.95. The number of aliphatic hydroxyl groups excluding tert-OH is 2. The van der Waals surface area contributed by atoms with Crippen LogP contribution in [0.15, 0.2) is 12.2 Å². The Hall–Kier alpha value is 0.240. The second kappa shape index (κ2) is 3.09. The Balaban J connectivity index is 2.69. The van der Waals surface area contributed by atoms with E-state index in [1.54, 1.807) is 12.2 Å². The summed E-state index contributed by atoms with van der Waals surface area (Å²) in [5, 5.41) is 17.2. The van der Waals surface area contributed by atoms with Gasteiger partial charge in [0.2, 0.25) is 0 Å². The first kappa shape index (κ1) is 8.34. The molecule has 0 saturated carbocycles. The molecule has 1 rings (SSSR count). The van der Waals surface area contributed by atoms with Gasteiger partial charge in [0.15, 0.2) is 0 Å². The SMILES string of the molecule is O[C@H]1[C@H](O)[C@H](Cl)C=C[C@H]1Cl. The third-order valence-corrected chi connectivity index (χ3v) is 2.29. The summed E-state index contributed by atoms with van der Waals surface area (Å²) in [5.41, 5.74) is 0. The molecule has 2 nitrogen and oxygen atoms in total. The molecule has 0 fully saturated rings. The van der Waals surface area contributed by atoms with E-state index in [0.29, 0.717) is 0 Å². The summed E-state index contributed by atoms with van der Waals surface area (Å²) in [7, 11) is 0. The highest BCUT2D eigenvalue weighted by Crippen LogP contribution is 2.21. The quantitative estimate of drug-likeness (QED) is 0.424. The summed E-state index contributed by atoms with van der Waals surface area (Å²) in [5.74, 6) is 0. The molecule has 0 aromatic rings. The summed E-state index contributed by atoms with van der Waals surface area (Å²) in [6, 6.07) is 0. The number of aliphatic hydroxyl groups is 2. The molecule has 0 unspecified atom stereocenters. The van der Waals surface area contributed by atoms with E-state index in [2.05, 4.69) is 0 Å². The van der Waals surface area contributed by atoms with Crippen molar-refractivity contribution in [3.05, 3.63) is 12.2 Å². The van der Waals surface area contributed by atoms with Gasteiger partial charge in [-0.25, -0.2) is 0 Å². The first-order chi connectivity index (χ1) is 4.63. The second-order valence-corrected chi connectivity index (χ2v) is 3.26. The highest BCUT2D eigenvalue weighted by molar-refractivity contribution is 6.24. The molecule has 0 bridgehead atoms. The third-order valence-electron chi connectivity index (χ3n) is 1.48. The largest absolute Gasteiger partial charge is 0.388 e. The molecule has 0 aliphatic heterocycles. The maximum absolute atomic E-state index is 9.10. The molecule has 2 N–H and O–H groups in total. The molecule has 0 radical (unpaired) electrons. The van der Waals surface area contributed by atoms with Crippen LogP contribution in [0.5, 0.6) is 0 Å². The van der Waals surface area contributed by atoms with Crippen LogP contribution in [0.3, 0.4) is 0 Å².